The fourth-order valence-electron chi connectivity index (χ4n) is 2.36. The van der Waals surface area contributed by atoms with Crippen LogP contribution in [-0.4, -0.2) is 19.6 Å². The lowest BCUT2D eigenvalue weighted by molar-refractivity contribution is -0.124. The van der Waals surface area contributed by atoms with Gasteiger partial charge >= 0.3 is 0 Å². The van der Waals surface area contributed by atoms with Crippen molar-refractivity contribution in [2.75, 3.05) is 13.7 Å². The predicted molar refractivity (Wildman–Crippen MR) is 89.0 cm³/mol. The van der Waals surface area contributed by atoms with Crippen LogP contribution < -0.4 is 10.1 Å². The lowest BCUT2D eigenvalue weighted by Gasteiger charge is -2.12. The molecular weight excluding hydrogens is 274 g/mol. The average molecular weight is 297 g/mol. The summed E-state index contributed by atoms with van der Waals surface area (Å²) in [6.07, 6.45) is 1.60. The lowest BCUT2D eigenvalue weighted by atomic mass is 10.0. The zero-order chi connectivity index (χ0) is 15.8. The van der Waals surface area contributed by atoms with Gasteiger partial charge in [0.15, 0.2) is 0 Å². The SMILES string of the molecule is COc1ccc(CCNC(=O)C(C)Cc2ccccc2)cc1. The quantitative estimate of drug-likeness (QED) is 0.852. The number of hydrogen-bond donors (Lipinski definition) is 1. The molecule has 0 aliphatic carbocycles. The molecule has 0 heterocycles. The van der Waals surface area contributed by atoms with E-state index in [1.807, 2.05) is 49.4 Å². The van der Waals surface area contributed by atoms with Crippen molar-refractivity contribution in [1.29, 1.82) is 0 Å². The number of rotatable bonds is 7. The van der Waals surface area contributed by atoms with Crippen LogP contribution in [0.4, 0.5) is 0 Å². The first-order valence-electron chi connectivity index (χ1n) is 7.63. The topological polar surface area (TPSA) is 38.3 Å². The highest BCUT2D eigenvalue weighted by Gasteiger charge is 2.12. The maximum atomic E-state index is 12.1. The maximum absolute atomic E-state index is 12.1. The molecule has 22 heavy (non-hydrogen) atoms. The molecule has 2 aromatic rings. The summed E-state index contributed by atoms with van der Waals surface area (Å²) >= 11 is 0. The molecule has 3 heteroatoms. The van der Waals surface area contributed by atoms with Gasteiger partial charge in [0.25, 0.3) is 0 Å². The smallest absolute Gasteiger partial charge is 0.223 e. The van der Waals surface area contributed by atoms with E-state index in [0.717, 1.165) is 18.6 Å². The number of amides is 1. The van der Waals surface area contributed by atoms with Crippen LogP contribution in [0.25, 0.3) is 0 Å². The molecule has 2 rings (SSSR count). The third-order valence-electron chi connectivity index (χ3n) is 3.70. The second-order valence-corrected chi connectivity index (χ2v) is 5.48. The minimum Gasteiger partial charge on any atom is -0.497 e. The minimum atomic E-state index is -0.0155. The molecule has 3 nitrogen and oxygen atoms in total. The molecule has 116 valence electrons. The van der Waals surface area contributed by atoms with Crippen molar-refractivity contribution in [2.45, 2.75) is 19.8 Å². The summed E-state index contributed by atoms with van der Waals surface area (Å²) in [5, 5.41) is 3.01. The van der Waals surface area contributed by atoms with E-state index in [4.69, 9.17) is 4.74 Å². The third-order valence-corrected chi connectivity index (χ3v) is 3.70. The van der Waals surface area contributed by atoms with Crippen molar-refractivity contribution in [1.82, 2.24) is 5.32 Å². The Kier molecular flexibility index (Phi) is 6.01. The van der Waals surface area contributed by atoms with E-state index in [9.17, 15) is 4.79 Å². The van der Waals surface area contributed by atoms with Crippen LogP contribution in [0.5, 0.6) is 5.75 Å². The highest BCUT2D eigenvalue weighted by Crippen LogP contribution is 2.12. The summed E-state index contributed by atoms with van der Waals surface area (Å²) in [6, 6.07) is 18.0. The maximum Gasteiger partial charge on any atom is 0.223 e. The Morgan fingerprint density at radius 2 is 1.73 bits per heavy atom. The fourth-order valence-corrected chi connectivity index (χ4v) is 2.36. The van der Waals surface area contributed by atoms with E-state index in [2.05, 4.69) is 17.4 Å². The average Bonchev–Trinajstić information content (AvgIpc) is 2.56. The molecule has 0 aliphatic heterocycles. The highest BCUT2D eigenvalue weighted by atomic mass is 16.5. The minimum absolute atomic E-state index is 0.0155. The summed E-state index contributed by atoms with van der Waals surface area (Å²) in [5.74, 6) is 0.944. The summed E-state index contributed by atoms with van der Waals surface area (Å²) in [5.41, 5.74) is 2.39. The van der Waals surface area contributed by atoms with E-state index < -0.39 is 0 Å². The number of carbonyl (C=O) groups excluding carboxylic acids is 1. The van der Waals surface area contributed by atoms with Gasteiger partial charge in [0.05, 0.1) is 7.11 Å². The van der Waals surface area contributed by atoms with E-state index in [1.165, 1.54) is 11.1 Å². The van der Waals surface area contributed by atoms with Gasteiger partial charge in [0.2, 0.25) is 5.91 Å². The first kappa shape index (κ1) is 16.1. The van der Waals surface area contributed by atoms with Gasteiger partial charge in [0, 0.05) is 12.5 Å². The predicted octanol–water partition coefficient (Wildman–Crippen LogP) is 3.23. The van der Waals surface area contributed by atoms with E-state index in [0.29, 0.717) is 6.54 Å². The molecule has 0 radical (unpaired) electrons. The van der Waals surface area contributed by atoms with Crippen molar-refractivity contribution in [3.63, 3.8) is 0 Å². The van der Waals surface area contributed by atoms with Gasteiger partial charge in [-0.3, -0.25) is 4.79 Å². The Hall–Kier alpha value is -2.29. The molecule has 0 fully saturated rings. The van der Waals surface area contributed by atoms with Gasteiger partial charge in [-0.25, -0.2) is 0 Å². The summed E-state index contributed by atoms with van der Waals surface area (Å²) in [7, 11) is 1.66. The molecule has 1 atom stereocenters. The molecule has 2 aromatic carbocycles. The van der Waals surface area contributed by atoms with Crippen molar-refractivity contribution >= 4 is 5.91 Å². The zero-order valence-electron chi connectivity index (χ0n) is 13.2. The summed E-state index contributed by atoms with van der Waals surface area (Å²) in [6.45, 7) is 2.63. The number of ether oxygens (including phenoxy) is 1. The molecule has 0 aliphatic rings. The second kappa shape index (κ2) is 8.23. The van der Waals surface area contributed by atoms with Gasteiger partial charge in [-0.1, -0.05) is 49.4 Å². The molecule has 1 unspecified atom stereocenters. The standard InChI is InChI=1S/C19H23NO2/c1-15(14-17-6-4-3-5-7-17)19(21)20-13-12-16-8-10-18(22-2)11-9-16/h3-11,15H,12-14H2,1-2H3,(H,20,21). The molecule has 0 bridgehead atoms. The Morgan fingerprint density at radius 1 is 1.05 bits per heavy atom. The first-order valence-corrected chi connectivity index (χ1v) is 7.63. The Balaban J connectivity index is 1.74. The Bertz CT molecular complexity index is 578. The van der Waals surface area contributed by atoms with E-state index >= 15 is 0 Å². The van der Waals surface area contributed by atoms with Crippen LogP contribution in [0, 0.1) is 5.92 Å². The largest absolute Gasteiger partial charge is 0.497 e. The molecule has 0 aromatic heterocycles. The molecule has 0 saturated carbocycles. The van der Waals surface area contributed by atoms with Crippen molar-refractivity contribution in [3.05, 3.63) is 65.7 Å². The fraction of sp³-hybridized carbons (Fsp3) is 0.316. The highest BCUT2D eigenvalue weighted by molar-refractivity contribution is 5.78. The molecule has 0 spiro atoms. The van der Waals surface area contributed by atoms with Crippen LogP contribution in [0.15, 0.2) is 54.6 Å². The lowest BCUT2D eigenvalue weighted by Crippen LogP contribution is -2.31. The van der Waals surface area contributed by atoms with E-state index in [1.54, 1.807) is 7.11 Å². The van der Waals surface area contributed by atoms with Crippen LogP contribution in [0.1, 0.15) is 18.1 Å². The second-order valence-electron chi connectivity index (χ2n) is 5.48. The number of nitrogens with one attached hydrogen (secondary N) is 1. The number of methoxy groups -OCH3 is 1. The van der Waals surface area contributed by atoms with Crippen molar-refractivity contribution in [2.24, 2.45) is 5.92 Å². The Labute approximate surface area is 132 Å². The van der Waals surface area contributed by atoms with Crippen LogP contribution in [0.3, 0.4) is 0 Å². The number of benzene rings is 2. The third kappa shape index (κ3) is 4.92. The summed E-state index contributed by atoms with van der Waals surface area (Å²) < 4.78 is 5.13. The molecule has 0 saturated heterocycles. The van der Waals surface area contributed by atoms with E-state index in [-0.39, 0.29) is 11.8 Å². The monoisotopic (exact) mass is 297 g/mol. The molecule has 1 N–H and O–H groups in total. The number of carbonyl (C=O) groups is 1. The molecular formula is C19H23NO2. The van der Waals surface area contributed by atoms with Gasteiger partial charge < -0.3 is 10.1 Å². The van der Waals surface area contributed by atoms with Crippen LogP contribution in [0.2, 0.25) is 0 Å². The van der Waals surface area contributed by atoms with Gasteiger partial charge in [0.1, 0.15) is 5.75 Å². The van der Waals surface area contributed by atoms with Crippen LogP contribution in [-0.2, 0) is 17.6 Å². The normalized spacial score (nSPS) is 11.7. The summed E-state index contributed by atoms with van der Waals surface area (Å²) in [4.78, 5) is 12.1. The first-order chi connectivity index (χ1) is 10.7. The zero-order valence-corrected chi connectivity index (χ0v) is 13.2. The Morgan fingerprint density at radius 3 is 2.36 bits per heavy atom. The van der Waals surface area contributed by atoms with Gasteiger partial charge in [-0.05, 0) is 36.1 Å². The molecule has 1 amide bonds. The van der Waals surface area contributed by atoms with Crippen molar-refractivity contribution < 1.29 is 9.53 Å². The van der Waals surface area contributed by atoms with Crippen molar-refractivity contribution in [3.8, 4) is 5.75 Å². The number of hydrogen-bond acceptors (Lipinski definition) is 2. The van der Waals surface area contributed by atoms with Crippen LogP contribution >= 0.6 is 0 Å². The van der Waals surface area contributed by atoms with Gasteiger partial charge in [-0.2, -0.15) is 0 Å². The van der Waals surface area contributed by atoms with Gasteiger partial charge in [-0.15, -0.1) is 0 Å².